The largest absolute Gasteiger partial charge is 0.429 e. The molecule has 7 heteroatoms. The lowest BCUT2D eigenvalue weighted by molar-refractivity contribution is -0.259. The highest BCUT2D eigenvalue weighted by Gasteiger charge is 2.62. The van der Waals surface area contributed by atoms with Crippen molar-refractivity contribution >= 4 is 5.97 Å². The third-order valence-corrected chi connectivity index (χ3v) is 7.45. The molecule has 31 heavy (non-hydrogen) atoms. The molecule has 2 aliphatic carbocycles. The van der Waals surface area contributed by atoms with Crippen LogP contribution in [0.25, 0.3) is 0 Å². The Morgan fingerprint density at radius 3 is 2.00 bits per heavy atom. The smallest absolute Gasteiger partial charge is 0.335 e. The van der Waals surface area contributed by atoms with Crippen molar-refractivity contribution in [2.75, 3.05) is 6.61 Å². The first-order valence-corrected chi connectivity index (χ1v) is 12.2. The van der Waals surface area contributed by atoms with Crippen molar-refractivity contribution in [2.45, 2.75) is 126 Å². The number of carbonyl (C=O) groups excluding carboxylic acids is 1. The van der Waals surface area contributed by atoms with Crippen LogP contribution in [0.2, 0.25) is 0 Å². The molecule has 7 nitrogen and oxygen atoms in total. The molecule has 2 saturated carbocycles. The second kappa shape index (κ2) is 8.75. The Labute approximate surface area is 184 Å². The Bertz CT molecular complexity index is 675. The molecule has 174 valence electrons. The van der Waals surface area contributed by atoms with Crippen LogP contribution in [0.4, 0.5) is 0 Å². The molecule has 3 saturated heterocycles. The summed E-state index contributed by atoms with van der Waals surface area (Å²) in [6.45, 7) is 5.79. The van der Waals surface area contributed by atoms with Gasteiger partial charge < -0.3 is 28.4 Å². The fourth-order valence-electron chi connectivity index (χ4n) is 5.80. The van der Waals surface area contributed by atoms with Gasteiger partial charge in [-0.2, -0.15) is 0 Å². The number of esters is 1. The van der Waals surface area contributed by atoms with Crippen LogP contribution in [0, 0.1) is 0 Å². The molecule has 0 aromatic carbocycles. The van der Waals surface area contributed by atoms with Crippen molar-refractivity contribution in [3.05, 3.63) is 12.2 Å². The van der Waals surface area contributed by atoms with Gasteiger partial charge in [-0.05, 0) is 32.6 Å². The minimum absolute atomic E-state index is 0.261. The first kappa shape index (κ1) is 21.8. The van der Waals surface area contributed by atoms with Crippen LogP contribution in [-0.4, -0.2) is 54.9 Å². The number of rotatable bonds is 3. The standard InChI is InChI=1S/C24H36O7/c1-16(2)21(25)28-22-20-19(30-24(31-20)13-9-5-6-10-14-24)18(27-22)17-15-26-23(29-17)11-7-3-4-8-12-23/h17-20,22H,1,3-15H2,2H3. The van der Waals surface area contributed by atoms with Gasteiger partial charge in [0.15, 0.2) is 17.7 Å². The van der Waals surface area contributed by atoms with Crippen molar-refractivity contribution in [1.82, 2.24) is 0 Å². The molecule has 5 atom stereocenters. The minimum Gasteiger partial charge on any atom is -0.429 e. The van der Waals surface area contributed by atoms with Gasteiger partial charge in [0.2, 0.25) is 6.29 Å². The van der Waals surface area contributed by atoms with Crippen LogP contribution >= 0.6 is 0 Å². The predicted molar refractivity (Wildman–Crippen MR) is 111 cm³/mol. The number of carbonyl (C=O) groups is 1. The summed E-state index contributed by atoms with van der Waals surface area (Å²) < 4.78 is 37.7. The van der Waals surface area contributed by atoms with Gasteiger partial charge in [-0.25, -0.2) is 4.79 Å². The van der Waals surface area contributed by atoms with Crippen molar-refractivity contribution in [3.8, 4) is 0 Å². The molecule has 5 fully saturated rings. The molecular formula is C24H36O7. The van der Waals surface area contributed by atoms with Crippen LogP contribution in [0.1, 0.15) is 84.0 Å². The van der Waals surface area contributed by atoms with E-state index >= 15 is 0 Å². The summed E-state index contributed by atoms with van der Waals surface area (Å²) in [5.74, 6) is -1.59. The maximum absolute atomic E-state index is 12.3. The van der Waals surface area contributed by atoms with Crippen molar-refractivity contribution in [2.24, 2.45) is 0 Å². The van der Waals surface area contributed by atoms with Gasteiger partial charge in [0, 0.05) is 31.3 Å². The molecule has 0 aromatic heterocycles. The van der Waals surface area contributed by atoms with E-state index in [1.807, 2.05) is 0 Å². The van der Waals surface area contributed by atoms with Crippen molar-refractivity contribution < 1.29 is 33.2 Å². The fraction of sp³-hybridized carbons (Fsp3) is 0.875. The van der Waals surface area contributed by atoms with E-state index in [2.05, 4.69) is 6.58 Å². The highest BCUT2D eigenvalue weighted by Crippen LogP contribution is 2.48. The minimum atomic E-state index is -0.823. The summed E-state index contributed by atoms with van der Waals surface area (Å²) in [5.41, 5.74) is 0.338. The molecule has 5 rings (SSSR count). The molecule has 3 heterocycles. The van der Waals surface area contributed by atoms with E-state index in [-0.39, 0.29) is 12.2 Å². The maximum atomic E-state index is 12.3. The lowest BCUT2D eigenvalue weighted by Crippen LogP contribution is -2.42. The average Bonchev–Trinajstić information content (AvgIpc) is 3.26. The zero-order valence-corrected chi connectivity index (χ0v) is 18.6. The molecule has 3 aliphatic heterocycles. The van der Waals surface area contributed by atoms with E-state index in [1.54, 1.807) is 6.92 Å². The maximum Gasteiger partial charge on any atom is 0.335 e. The van der Waals surface area contributed by atoms with Gasteiger partial charge in [-0.15, -0.1) is 0 Å². The lowest BCUT2D eigenvalue weighted by Gasteiger charge is -2.31. The molecule has 5 aliphatic rings. The van der Waals surface area contributed by atoms with Gasteiger partial charge in [0.1, 0.15) is 18.3 Å². The van der Waals surface area contributed by atoms with E-state index < -0.39 is 36.0 Å². The van der Waals surface area contributed by atoms with Crippen LogP contribution in [0.3, 0.4) is 0 Å². The monoisotopic (exact) mass is 436 g/mol. The van der Waals surface area contributed by atoms with Crippen molar-refractivity contribution in [1.29, 1.82) is 0 Å². The lowest BCUT2D eigenvalue weighted by atomic mass is 10.1. The SMILES string of the molecule is C=C(C)C(=O)OC1OC(C2COC3(CCCCCC3)O2)C2OC3(CCCCCC3)OC12. The Morgan fingerprint density at radius 1 is 0.806 bits per heavy atom. The van der Waals surface area contributed by atoms with E-state index in [4.69, 9.17) is 28.4 Å². The molecule has 0 radical (unpaired) electrons. The Balaban J connectivity index is 1.34. The fourth-order valence-corrected chi connectivity index (χ4v) is 5.80. The first-order valence-electron chi connectivity index (χ1n) is 12.2. The normalized spacial score (nSPS) is 39.2. The van der Waals surface area contributed by atoms with Crippen molar-refractivity contribution in [3.63, 3.8) is 0 Å². The zero-order chi connectivity index (χ0) is 21.5. The Morgan fingerprint density at radius 2 is 1.39 bits per heavy atom. The Kier molecular flexibility index (Phi) is 6.16. The van der Waals surface area contributed by atoms with Gasteiger partial charge in [0.25, 0.3) is 0 Å². The molecule has 0 N–H and O–H groups in total. The third kappa shape index (κ3) is 4.32. The summed E-state index contributed by atoms with van der Waals surface area (Å²) in [6.07, 6.45) is 10.5. The van der Waals surface area contributed by atoms with Crippen LogP contribution < -0.4 is 0 Å². The summed E-state index contributed by atoms with van der Waals surface area (Å²) >= 11 is 0. The molecule has 2 spiro atoms. The number of hydrogen-bond donors (Lipinski definition) is 0. The second-order valence-corrected chi connectivity index (χ2v) is 9.94. The van der Waals surface area contributed by atoms with Gasteiger partial charge in [0.05, 0.1) is 6.61 Å². The summed E-state index contributed by atoms with van der Waals surface area (Å²) in [5, 5.41) is 0. The zero-order valence-electron chi connectivity index (χ0n) is 18.6. The molecule has 0 amide bonds. The van der Waals surface area contributed by atoms with Gasteiger partial charge >= 0.3 is 5.97 Å². The number of ether oxygens (including phenoxy) is 6. The summed E-state index contributed by atoms with van der Waals surface area (Å²) in [4.78, 5) is 12.3. The topological polar surface area (TPSA) is 72.5 Å². The van der Waals surface area contributed by atoms with E-state index in [9.17, 15) is 4.79 Å². The molecule has 5 unspecified atom stereocenters. The molecular weight excluding hydrogens is 400 g/mol. The number of fused-ring (bicyclic) bond motifs is 1. The number of hydrogen-bond acceptors (Lipinski definition) is 7. The van der Waals surface area contributed by atoms with Crippen LogP contribution in [0.15, 0.2) is 12.2 Å². The average molecular weight is 437 g/mol. The van der Waals surface area contributed by atoms with E-state index in [0.29, 0.717) is 12.2 Å². The molecule has 0 bridgehead atoms. The molecule has 0 aromatic rings. The highest BCUT2D eigenvalue weighted by atomic mass is 16.8. The summed E-state index contributed by atoms with van der Waals surface area (Å²) in [7, 11) is 0. The van der Waals surface area contributed by atoms with Gasteiger partial charge in [-0.1, -0.05) is 32.3 Å². The van der Waals surface area contributed by atoms with E-state index in [1.165, 1.54) is 25.7 Å². The quantitative estimate of drug-likeness (QED) is 0.486. The van der Waals surface area contributed by atoms with Gasteiger partial charge in [-0.3, -0.25) is 0 Å². The second-order valence-electron chi connectivity index (χ2n) is 9.94. The predicted octanol–water partition coefficient (Wildman–Crippen LogP) is 4.13. The van der Waals surface area contributed by atoms with Crippen LogP contribution in [-0.2, 0) is 33.2 Å². The van der Waals surface area contributed by atoms with E-state index in [0.717, 1.165) is 51.4 Å². The third-order valence-electron chi connectivity index (χ3n) is 7.45. The highest BCUT2D eigenvalue weighted by molar-refractivity contribution is 5.87. The Hall–Kier alpha value is -0.990. The summed E-state index contributed by atoms with van der Waals surface area (Å²) in [6, 6.07) is 0. The first-order chi connectivity index (χ1) is 15.0. The van der Waals surface area contributed by atoms with Crippen LogP contribution in [0.5, 0.6) is 0 Å².